The van der Waals surface area contributed by atoms with Crippen LogP contribution >= 0.6 is 0 Å². The van der Waals surface area contributed by atoms with Gasteiger partial charge in [-0.05, 0) is 24.5 Å². The van der Waals surface area contributed by atoms with E-state index >= 15 is 0 Å². The number of anilines is 1. The van der Waals surface area contributed by atoms with Crippen molar-refractivity contribution in [1.82, 2.24) is 10.3 Å². The SMILES string of the molecule is CC(C)CC(Nc1nc(=O)oc2ccccc12)C(=O)NC1COCC1=O. The van der Waals surface area contributed by atoms with Crippen LogP contribution in [0.3, 0.4) is 0 Å². The summed E-state index contributed by atoms with van der Waals surface area (Å²) in [4.78, 5) is 40.0. The maximum absolute atomic E-state index is 12.7. The first-order chi connectivity index (χ1) is 12.4. The predicted molar refractivity (Wildman–Crippen MR) is 94.9 cm³/mol. The van der Waals surface area contributed by atoms with Crippen molar-refractivity contribution in [1.29, 1.82) is 0 Å². The van der Waals surface area contributed by atoms with E-state index in [0.29, 0.717) is 17.4 Å². The number of para-hydroxylation sites is 1. The molecule has 1 aliphatic rings. The largest absolute Gasteiger partial charge is 0.441 e. The molecule has 1 fully saturated rings. The second-order valence-electron chi connectivity index (χ2n) is 6.69. The van der Waals surface area contributed by atoms with Crippen molar-refractivity contribution >= 4 is 28.5 Å². The Kier molecular flexibility index (Phi) is 5.32. The molecule has 2 aromatic rings. The summed E-state index contributed by atoms with van der Waals surface area (Å²) in [5.41, 5.74) is 0.387. The number of hydrogen-bond acceptors (Lipinski definition) is 7. The average Bonchev–Trinajstić information content (AvgIpc) is 2.98. The van der Waals surface area contributed by atoms with Crippen molar-refractivity contribution in [2.45, 2.75) is 32.4 Å². The van der Waals surface area contributed by atoms with Gasteiger partial charge in [-0.1, -0.05) is 26.0 Å². The fourth-order valence-electron chi connectivity index (χ4n) is 2.86. The van der Waals surface area contributed by atoms with Gasteiger partial charge in [-0.2, -0.15) is 4.98 Å². The highest BCUT2D eigenvalue weighted by Gasteiger charge is 2.30. The van der Waals surface area contributed by atoms with Gasteiger partial charge in [0, 0.05) is 0 Å². The third-order valence-corrected chi connectivity index (χ3v) is 4.11. The molecule has 8 nitrogen and oxygen atoms in total. The van der Waals surface area contributed by atoms with Gasteiger partial charge in [0.15, 0.2) is 5.78 Å². The molecule has 8 heteroatoms. The number of fused-ring (bicyclic) bond motifs is 1. The molecule has 1 amide bonds. The summed E-state index contributed by atoms with van der Waals surface area (Å²) in [5.74, 6) is -0.728. The smallest absolute Gasteiger partial charge is 0.408 e. The summed E-state index contributed by atoms with van der Waals surface area (Å²) >= 11 is 0. The Bertz CT molecular complexity index is 877. The van der Waals surface area contributed by atoms with E-state index in [1.54, 1.807) is 24.3 Å². The topological polar surface area (TPSA) is 111 Å². The molecule has 0 radical (unpaired) electrons. The van der Waals surface area contributed by atoms with Crippen molar-refractivity contribution in [3.05, 3.63) is 34.8 Å². The van der Waals surface area contributed by atoms with Gasteiger partial charge >= 0.3 is 5.76 Å². The second-order valence-corrected chi connectivity index (χ2v) is 6.69. The molecule has 1 aliphatic heterocycles. The number of rotatable bonds is 6. The van der Waals surface area contributed by atoms with Gasteiger partial charge in [0.2, 0.25) is 5.91 Å². The number of nitrogens with zero attached hydrogens (tertiary/aromatic N) is 1. The number of carbonyl (C=O) groups is 2. The highest BCUT2D eigenvalue weighted by atomic mass is 16.5. The van der Waals surface area contributed by atoms with E-state index in [1.165, 1.54) is 0 Å². The lowest BCUT2D eigenvalue weighted by Crippen LogP contribution is -2.48. The van der Waals surface area contributed by atoms with Crippen LogP contribution in [0.5, 0.6) is 0 Å². The van der Waals surface area contributed by atoms with Crippen molar-refractivity contribution in [3.63, 3.8) is 0 Å². The molecule has 0 saturated carbocycles. The third-order valence-electron chi connectivity index (χ3n) is 4.11. The average molecular weight is 359 g/mol. The van der Waals surface area contributed by atoms with Crippen molar-refractivity contribution in [3.8, 4) is 0 Å². The van der Waals surface area contributed by atoms with E-state index in [-0.39, 0.29) is 36.6 Å². The molecule has 1 aromatic carbocycles. The van der Waals surface area contributed by atoms with E-state index in [1.807, 2.05) is 13.8 Å². The van der Waals surface area contributed by atoms with E-state index in [4.69, 9.17) is 9.15 Å². The highest BCUT2D eigenvalue weighted by molar-refractivity contribution is 5.95. The molecule has 138 valence electrons. The fourth-order valence-corrected chi connectivity index (χ4v) is 2.86. The molecule has 0 spiro atoms. The minimum absolute atomic E-state index is 0.0130. The molecule has 3 rings (SSSR count). The minimum atomic E-state index is -0.741. The monoisotopic (exact) mass is 359 g/mol. The van der Waals surface area contributed by atoms with Gasteiger partial charge in [-0.25, -0.2) is 4.79 Å². The summed E-state index contributed by atoms with van der Waals surface area (Å²) in [6.07, 6.45) is 0.504. The summed E-state index contributed by atoms with van der Waals surface area (Å²) in [7, 11) is 0. The van der Waals surface area contributed by atoms with Crippen LogP contribution in [-0.2, 0) is 14.3 Å². The van der Waals surface area contributed by atoms with Crippen LogP contribution in [0.1, 0.15) is 20.3 Å². The molecular formula is C18H21N3O5. The number of benzene rings is 1. The van der Waals surface area contributed by atoms with Crippen molar-refractivity contribution in [2.24, 2.45) is 5.92 Å². The quantitative estimate of drug-likeness (QED) is 0.794. The first-order valence-corrected chi connectivity index (χ1v) is 8.51. The number of Topliss-reactive ketones (excluding diaryl/α,β-unsaturated/α-hetero) is 1. The maximum atomic E-state index is 12.7. The zero-order valence-electron chi connectivity index (χ0n) is 14.7. The van der Waals surface area contributed by atoms with E-state index in [0.717, 1.165) is 0 Å². The lowest BCUT2D eigenvalue weighted by molar-refractivity contribution is -0.126. The molecule has 1 saturated heterocycles. The Balaban J connectivity index is 1.86. The zero-order chi connectivity index (χ0) is 18.7. The molecule has 2 atom stereocenters. The zero-order valence-corrected chi connectivity index (χ0v) is 14.7. The van der Waals surface area contributed by atoms with E-state index in [2.05, 4.69) is 15.6 Å². The predicted octanol–water partition coefficient (Wildman–Crippen LogP) is 1.10. The Hall–Kier alpha value is -2.74. The van der Waals surface area contributed by atoms with Gasteiger partial charge in [0.1, 0.15) is 30.1 Å². The normalized spacial score (nSPS) is 18.3. The number of ether oxygens (including phenoxy) is 1. The maximum Gasteiger partial charge on any atom is 0.441 e. The van der Waals surface area contributed by atoms with Crippen LogP contribution in [0.2, 0.25) is 0 Å². The number of hydrogen-bond donors (Lipinski definition) is 2. The number of carbonyl (C=O) groups excluding carboxylic acids is 2. The molecule has 2 heterocycles. The van der Waals surface area contributed by atoms with Crippen LogP contribution in [0.25, 0.3) is 11.0 Å². The number of ketones is 1. The molecule has 0 bridgehead atoms. The van der Waals surface area contributed by atoms with Gasteiger partial charge in [0.25, 0.3) is 0 Å². The van der Waals surface area contributed by atoms with Gasteiger partial charge in [-0.3, -0.25) is 9.59 Å². The Morgan fingerprint density at radius 1 is 1.31 bits per heavy atom. The first-order valence-electron chi connectivity index (χ1n) is 8.51. The summed E-state index contributed by atoms with van der Waals surface area (Å²) in [5, 5.41) is 6.36. The number of amides is 1. The first kappa shape index (κ1) is 18.1. The Labute approximate surface area is 149 Å². The Morgan fingerprint density at radius 3 is 2.77 bits per heavy atom. The fraction of sp³-hybridized carbons (Fsp3) is 0.444. The third kappa shape index (κ3) is 4.08. The molecule has 2 unspecified atom stereocenters. The number of aromatic nitrogens is 1. The van der Waals surface area contributed by atoms with Crippen LogP contribution < -0.4 is 16.4 Å². The summed E-state index contributed by atoms with van der Waals surface area (Å²) in [6.45, 7) is 4.15. The molecular weight excluding hydrogens is 338 g/mol. The lowest BCUT2D eigenvalue weighted by atomic mass is 10.0. The van der Waals surface area contributed by atoms with E-state index < -0.39 is 17.8 Å². The minimum Gasteiger partial charge on any atom is -0.408 e. The highest BCUT2D eigenvalue weighted by Crippen LogP contribution is 2.21. The Morgan fingerprint density at radius 2 is 2.08 bits per heavy atom. The van der Waals surface area contributed by atoms with Gasteiger partial charge < -0.3 is 19.8 Å². The molecule has 1 aromatic heterocycles. The van der Waals surface area contributed by atoms with Crippen LogP contribution in [-0.4, -0.2) is 42.0 Å². The van der Waals surface area contributed by atoms with Gasteiger partial charge in [-0.15, -0.1) is 0 Å². The second kappa shape index (κ2) is 7.65. The van der Waals surface area contributed by atoms with Crippen molar-refractivity contribution < 1.29 is 18.7 Å². The number of nitrogens with one attached hydrogen (secondary N) is 2. The van der Waals surface area contributed by atoms with E-state index in [9.17, 15) is 14.4 Å². The van der Waals surface area contributed by atoms with Crippen LogP contribution in [0, 0.1) is 5.92 Å². The molecule has 2 N–H and O–H groups in total. The van der Waals surface area contributed by atoms with Crippen LogP contribution in [0.4, 0.5) is 5.82 Å². The van der Waals surface area contributed by atoms with Crippen molar-refractivity contribution in [2.75, 3.05) is 18.5 Å². The lowest BCUT2D eigenvalue weighted by Gasteiger charge is -2.22. The molecule has 26 heavy (non-hydrogen) atoms. The standard InChI is InChI=1S/C18H21N3O5/c1-10(2)7-12(17(23)20-13-8-25-9-14(13)22)19-16-11-5-3-4-6-15(11)26-18(24)21-16/h3-6,10,12-13H,7-9H2,1-2H3,(H,20,23)(H,19,21,24). The summed E-state index contributed by atoms with van der Waals surface area (Å²) < 4.78 is 10.2. The van der Waals surface area contributed by atoms with Gasteiger partial charge in [0.05, 0.1) is 12.0 Å². The molecule has 0 aliphatic carbocycles. The summed E-state index contributed by atoms with van der Waals surface area (Å²) in [6, 6.07) is 5.67. The van der Waals surface area contributed by atoms with Crippen LogP contribution in [0.15, 0.2) is 33.5 Å².